The number of hydrogen-bond donors (Lipinski definition) is 1. The Bertz CT molecular complexity index is 295. The van der Waals surface area contributed by atoms with Gasteiger partial charge in [0, 0.05) is 20.1 Å². The van der Waals surface area contributed by atoms with Crippen LogP contribution in [0.4, 0.5) is 0 Å². The van der Waals surface area contributed by atoms with Gasteiger partial charge in [-0.25, -0.2) is 0 Å². The van der Waals surface area contributed by atoms with E-state index in [1.165, 1.54) is 6.20 Å². The second kappa shape index (κ2) is 3.39. The Balaban J connectivity index is 2.04. The molecule has 0 atom stereocenters. The fourth-order valence-electron chi connectivity index (χ4n) is 1.15. The van der Waals surface area contributed by atoms with Crippen molar-refractivity contribution in [3.8, 4) is 0 Å². The minimum atomic E-state index is 0.0153. The molecule has 1 aromatic heterocycles. The summed E-state index contributed by atoms with van der Waals surface area (Å²) >= 11 is 1.14. The first kappa shape index (κ1) is 8.58. The van der Waals surface area contributed by atoms with Gasteiger partial charge in [0.2, 0.25) is 0 Å². The summed E-state index contributed by atoms with van der Waals surface area (Å²) in [5.41, 5.74) is 0. The summed E-state index contributed by atoms with van der Waals surface area (Å²) in [5.74, 6) is 0.0153. The first-order valence-corrected chi connectivity index (χ1v) is 4.81. The van der Waals surface area contributed by atoms with E-state index in [1.807, 2.05) is 7.05 Å². The summed E-state index contributed by atoms with van der Waals surface area (Å²) in [6.45, 7) is 1.77. The third-order valence-corrected chi connectivity index (χ3v) is 2.85. The van der Waals surface area contributed by atoms with Gasteiger partial charge in [-0.15, -0.1) is 5.10 Å². The number of likely N-dealkylation sites (N-methyl/N-ethyl adjacent to an activating group) is 1. The number of amides is 1. The minimum absolute atomic E-state index is 0.0153. The quantitative estimate of drug-likeness (QED) is 0.701. The number of nitrogens with one attached hydrogen (secondary N) is 1. The van der Waals surface area contributed by atoms with E-state index in [9.17, 15) is 4.79 Å². The van der Waals surface area contributed by atoms with E-state index < -0.39 is 0 Å². The Labute approximate surface area is 79.9 Å². The van der Waals surface area contributed by atoms with Crippen LogP contribution >= 0.6 is 11.5 Å². The van der Waals surface area contributed by atoms with Gasteiger partial charge in [0.25, 0.3) is 5.91 Å². The molecule has 0 saturated carbocycles. The van der Waals surface area contributed by atoms with Crippen LogP contribution in [0.25, 0.3) is 0 Å². The summed E-state index contributed by atoms with van der Waals surface area (Å²) in [6, 6.07) is 0.328. The van der Waals surface area contributed by atoms with Crippen LogP contribution in [0, 0.1) is 0 Å². The lowest BCUT2D eigenvalue weighted by atomic mass is 10.1. The molecule has 0 aromatic carbocycles. The Morgan fingerprint density at radius 1 is 1.77 bits per heavy atom. The molecule has 6 heteroatoms. The lowest BCUT2D eigenvalue weighted by Crippen LogP contribution is -2.57. The van der Waals surface area contributed by atoms with Crippen molar-refractivity contribution < 1.29 is 4.79 Å². The molecule has 1 aromatic rings. The highest BCUT2D eigenvalue weighted by Gasteiger charge is 2.26. The van der Waals surface area contributed by atoms with Crippen molar-refractivity contribution in [2.75, 3.05) is 20.1 Å². The zero-order valence-corrected chi connectivity index (χ0v) is 8.04. The first-order chi connectivity index (χ1) is 6.29. The van der Waals surface area contributed by atoms with Crippen LogP contribution in [-0.2, 0) is 0 Å². The molecule has 0 aliphatic carbocycles. The molecule has 1 amide bonds. The summed E-state index contributed by atoms with van der Waals surface area (Å²) in [6.07, 6.45) is 1.51. The Morgan fingerprint density at radius 2 is 2.54 bits per heavy atom. The number of carbonyl (C=O) groups is 1. The topological polar surface area (TPSA) is 58.1 Å². The van der Waals surface area contributed by atoms with Crippen molar-refractivity contribution in [3.63, 3.8) is 0 Å². The monoisotopic (exact) mass is 198 g/mol. The average molecular weight is 198 g/mol. The van der Waals surface area contributed by atoms with E-state index in [2.05, 4.69) is 14.9 Å². The fourth-order valence-corrected chi connectivity index (χ4v) is 1.65. The molecule has 0 spiro atoms. The number of hydrogen-bond acceptors (Lipinski definition) is 5. The predicted octanol–water partition coefficient (Wildman–Crippen LogP) is -0.418. The minimum Gasteiger partial charge on any atom is -0.335 e. The Kier molecular flexibility index (Phi) is 2.24. The van der Waals surface area contributed by atoms with Crippen LogP contribution in [-0.4, -0.2) is 46.6 Å². The van der Waals surface area contributed by atoms with E-state index in [1.54, 1.807) is 4.90 Å². The highest BCUT2D eigenvalue weighted by atomic mass is 32.1. The zero-order valence-electron chi connectivity index (χ0n) is 7.23. The molecule has 5 nitrogen and oxygen atoms in total. The molecule has 1 fully saturated rings. The van der Waals surface area contributed by atoms with Crippen molar-refractivity contribution in [2.45, 2.75) is 6.04 Å². The summed E-state index contributed by atoms with van der Waals surface area (Å²) in [5, 5.41) is 6.75. The summed E-state index contributed by atoms with van der Waals surface area (Å²) in [4.78, 5) is 14.0. The van der Waals surface area contributed by atoms with Gasteiger partial charge in [0.15, 0.2) is 0 Å². The molecule has 0 radical (unpaired) electrons. The number of carbonyl (C=O) groups excluding carboxylic acids is 1. The Hall–Kier alpha value is -1.01. The van der Waals surface area contributed by atoms with Gasteiger partial charge in [-0.3, -0.25) is 4.79 Å². The van der Waals surface area contributed by atoms with Crippen molar-refractivity contribution in [1.29, 1.82) is 0 Å². The number of aromatic nitrogens is 2. The lowest BCUT2D eigenvalue weighted by molar-refractivity contribution is 0.0686. The third-order valence-electron chi connectivity index (χ3n) is 2.20. The summed E-state index contributed by atoms with van der Waals surface area (Å²) < 4.78 is 3.66. The normalized spacial score (nSPS) is 16.7. The highest BCUT2D eigenvalue weighted by Crippen LogP contribution is 2.10. The van der Waals surface area contributed by atoms with Gasteiger partial charge < -0.3 is 10.2 Å². The molecule has 0 bridgehead atoms. The second-order valence-corrected chi connectivity index (χ2v) is 3.80. The van der Waals surface area contributed by atoms with Crippen molar-refractivity contribution in [2.24, 2.45) is 0 Å². The SMILES string of the molecule is CN(C(=O)c1cnns1)C1CNC1. The van der Waals surface area contributed by atoms with E-state index >= 15 is 0 Å². The van der Waals surface area contributed by atoms with Gasteiger partial charge in [-0.05, 0) is 11.5 Å². The van der Waals surface area contributed by atoms with E-state index in [0.717, 1.165) is 24.6 Å². The van der Waals surface area contributed by atoms with Crippen LogP contribution in [0.15, 0.2) is 6.20 Å². The molecule has 1 aliphatic rings. The second-order valence-electron chi connectivity index (χ2n) is 3.01. The molecule has 1 aliphatic heterocycles. The standard InChI is InChI=1S/C7H10N4OS/c1-11(5-2-8-3-5)7(12)6-4-9-10-13-6/h4-5,8H,2-3H2,1H3. The largest absolute Gasteiger partial charge is 0.335 e. The maximum atomic E-state index is 11.7. The maximum Gasteiger partial charge on any atom is 0.267 e. The van der Waals surface area contributed by atoms with Gasteiger partial charge in [-0.1, -0.05) is 4.49 Å². The lowest BCUT2D eigenvalue weighted by Gasteiger charge is -2.35. The Morgan fingerprint density at radius 3 is 3.00 bits per heavy atom. The van der Waals surface area contributed by atoms with Crippen LogP contribution in [0.1, 0.15) is 9.67 Å². The number of rotatable bonds is 2. The first-order valence-electron chi connectivity index (χ1n) is 4.04. The van der Waals surface area contributed by atoms with Crippen LogP contribution < -0.4 is 5.32 Å². The van der Waals surface area contributed by atoms with Crippen LogP contribution in [0.3, 0.4) is 0 Å². The van der Waals surface area contributed by atoms with Gasteiger partial charge >= 0.3 is 0 Å². The van der Waals surface area contributed by atoms with Crippen molar-refractivity contribution >= 4 is 17.4 Å². The highest BCUT2D eigenvalue weighted by molar-refractivity contribution is 7.07. The zero-order chi connectivity index (χ0) is 9.26. The smallest absolute Gasteiger partial charge is 0.267 e. The van der Waals surface area contributed by atoms with Gasteiger partial charge in [0.05, 0.1) is 12.2 Å². The molecule has 1 N–H and O–H groups in total. The molecular formula is C7H10N4OS. The fraction of sp³-hybridized carbons (Fsp3) is 0.571. The molecule has 0 unspecified atom stereocenters. The van der Waals surface area contributed by atoms with Crippen molar-refractivity contribution in [1.82, 2.24) is 19.8 Å². The average Bonchev–Trinajstić information content (AvgIpc) is 2.51. The number of nitrogens with zero attached hydrogens (tertiary/aromatic N) is 3. The van der Waals surface area contributed by atoms with Gasteiger partial charge in [-0.2, -0.15) is 0 Å². The maximum absolute atomic E-state index is 11.7. The molecular weight excluding hydrogens is 188 g/mol. The molecule has 2 rings (SSSR count). The predicted molar refractivity (Wildman–Crippen MR) is 48.7 cm³/mol. The van der Waals surface area contributed by atoms with E-state index in [4.69, 9.17) is 0 Å². The summed E-state index contributed by atoms with van der Waals surface area (Å²) in [7, 11) is 1.81. The van der Waals surface area contributed by atoms with E-state index in [-0.39, 0.29) is 5.91 Å². The van der Waals surface area contributed by atoms with Crippen LogP contribution in [0.5, 0.6) is 0 Å². The van der Waals surface area contributed by atoms with Gasteiger partial charge in [0.1, 0.15) is 4.88 Å². The molecule has 13 heavy (non-hydrogen) atoms. The molecule has 1 saturated heterocycles. The third kappa shape index (κ3) is 1.54. The van der Waals surface area contributed by atoms with E-state index in [0.29, 0.717) is 10.9 Å². The molecule has 70 valence electrons. The van der Waals surface area contributed by atoms with Crippen LogP contribution in [0.2, 0.25) is 0 Å². The van der Waals surface area contributed by atoms with Crippen molar-refractivity contribution in [3.05, 3.63) is 11.1 Å². The molecule has 2 heterocycles.